The maximum absolute atomic E-state index is 12.2. The molecule has 0 aromatic heterocycles. The normalized spacial score (nSPS) is 17.5. The van der Waals surface area contributed by atoms with Crippen LogP contribution in [-0.4, -0.2) is 56.6 Å². The van der Waals surface area contributed by atoms with E-state index in [1.54, 1.807) is 19.1 Å². The third-order valence-electron chi connectivity index (χ3n) is 4.45. The molecule has 1 fully saturated rings. The van der Waals surface area contributed by atoms with Crippen molar-refractivity contribution in [3.8, 4) is 11.5 Å². The fourth-order valence-electron chi connectivity index (χ4n) is 2.88. The highest BCUT2D eigenvalue weighted by atomic mass is 35.5. The first-order valence-electron chi connectivity index (χ1n) is 8.47. The largest absolute Gasteiger partial charge is 0.493 e. The van der Waals surface area contributed by atoms with Crippen molar-refractivity contribution in [2.24, 2.45) is 11.7 Å². The maximum Gasteiger partial charge on any atom is 0.225 e. The van der Waals surface area contributed by atoms with E-state index < -0.39 is 0 Å². The minimum atomic E-state index is -0.299. The second kappa shape index (κ2) is 10.2. The van der Waals surface area contributed by atoms with E-state index in [0.717, 1.165) is 5.56 Å². The highest BCUT2D eigenvalue weighted by Crippen LogP contribution is 2.28. The number of ether oxygens (including phenoxy) is 2. The first-order chi connectivity index (χ1) is 12.0. The van der Waals surface area contributed by atoms with Gasteiger partial charge in [-0.3, -0.25) is 9.59 Å². The molecule has 0 radical (unpaired) electrons. The Kier molecular flexibility index (Phi) is 8.68. The molecule has 2 atom stereocenters. The molecule has 1 aromatic rings. The van der Waals surface area contributed by atoms with E-state index in [2.05, 4.69) is 5.32 Å². The minimum Gasteiger partial charge on any atom is -0.493 e. The lowest BCUT2D eigenvalue weighted by atomic mass is 10.1. The van der Waals surface area contributed by atoms with E-state index in [4.69, 9.17) is 15.2 Å². The van der Waals surface area contributed by atoms with Gasteiger partial charge in [0, 0.05) is 32.1 Å². The number of hydrogen-bond acceptors (Lipinski definition) is 5. The van der Waals surface area contributed by atoms with Crippen LogP contribution in [-0.2, 0) is 16.0 Å². The number of hydrogen-bond donors (Lipinski definition) is 2. The topological polar surface area (TPSA) is 93.9 Å². The number of amides is 2. The minimum absolute atomic E-state index is 0. The fraction of sp³-hybridized carbons (Fsp3) is 0.556. The lowest BCUT2D eigenvalue weighted by Crippen LogP contribution is -2.42. The van der Waals surface area contributed by atoms with E-state index in [-0.39, 0.29) is 42.6 Å². The van der Waals surface area contributed by atoms with Crippen molar-refractivity contribution in [3.63, 3.8) is 0 Å². The number of carbonyl (C=O) groups excluding carboxylic acids is 2. The number of rotatable bonds is 8. The lowest BCUT2D eigenvalue weighted by molar-refractivity contribution is -0.129. The SMILES string of the molecule is COc1ccc(CCN2CC(C(=O)N[C@@H](C)CN)CC2=O)cc1OC.Cl. The summed E-state index contributed by atoms with van der Waals surface area (Å²) in [5.74, 6) is 0.961. The van der Waals surface area contributed by atoms with Crippen molar-refractivity contribution in [1.29, 1.82) is 0 Å². The monoisotopic (exact) mass is 385 g/mol. The maximum atomic E-state index is 12.2. The summed E-state index contributed by atoms with van der Waals surface area (Å²) in [7, 11) is 3.19. The molecular weight excluding hydrogens is 358 g/mol. The molecule has 0 spiro atoms. The van der Waals surface area contributed by atoms with Crippen LogP contribution in [0.5, 0.6) is 11.5 Å². The Morgan fingerprint density at radius 1 is 1.35 bits per heavy atom. The predicted octanol–water partition coefficient (Wildman–Crippen LogP) is 0.980. The van der Waals surface area contributed by atoms with Gasteiger partial charge in [-0.15, -0.1) is 12.4 Å². The summed E-state index contributed by atoms with van der Waals surface area (Å²) in [5.41, 5.74) is 6.57. The first-order valence-corrected chi connectivity index (χ1v) is 8.47. The molecule has 1 aliphatic heterocycles. The van der Waals surface area contributed by atoms with E-state index in [0.29, 0.717) is 37.6 Å². The summed E-state index contributed by atoms with van der Waals surface area (Å²) < 4.78 is 10.5. The van der Waals surface area contributed by atoms with Gasteiger partial charge in [0.1, 0.15) is 0 Å². The summed E-state index contributed by atoms with van der Waals surface area (Å²) in [6, 6.07) is 5.63. The van der Waals surface area contributed by atoms with Crippen LogP contribution in [0.1, 0.15) is 18.9 Å². The molecule has 2 amide bonds. The number of nitrogens with one attached hydrogen (secondary N) is 1. The quantitative estimate of drug-likeness (QED) is 0.695. The number of methoxy groups -OCH3 is 2. The Hall–Kier alpha value is -1.99. The summed E-state index contributed by atoms with van der Waals surface area (Å²) in [5, 5.41) is 2.84. The number of halogens is 1. The first kappa shape index (κ1) is 22.1. The van der Waals surface area contributed by atoms with Gasteiger partial charge in [-0.25, -0.2) is 0 Å². The van der Waals surface area contributed by atoms with Crippen LogP contribution in [0, 0.1) is 5.92 Å². The molecule has 146 valence electrons. The fourth-order valence-corrected chi connectivity index (χ4v) is 2.88. The zero-order chi connectivity index (χ0) is 18.4. The number of benzene rings is 1. The second-order valence-corrected chi connectivity index (χ2v) is 6.33. The third-order valence-corrected chi connectivity index (χ3v) is 4.45. The van der Waals surface area contributed by atoms with Gasteiger partial charge in [-0.2, -0.15) is 0 Å². The summed E-state index contributed by atoms with van der Waals surface area (Å²) in [4.78, 5) is 26.1. The summed E-state index contributed by atoms with van der Waals surface area (Å²) in [6.45, 7) is 3.26. The van der Waals surface area contributed by atoms with E-state index in [1.807, 2.05) is 25.1 Å². The van der Waals surface area contributed by atoms with Gasteiger partial charge in [0.25, 0.3) is 0 Å². The third kappa shape index (κ3) is 5.51. The van der Waals surface area contributed by atoms with Crippen LogP contribution < -0.4 is 20.5 Å². The van der Waals surface area contributed by atoms with E-state index in [9.17, 15) is 9.59 Å². The smallest absolute Gasteiger partial charge is 0.225 e. The number of carbonyl (C=O) groups is 2. The van der Waals surface area contributed by atoms with Crippen LogP contribution in [0.2, 0.25) is 0 Å². The molecule has 2 rings (SSSR count). The van der Waals surface area contributed by atoms with Crippen molar-refractivity contribution >= 4 is 24.2 Å². The van der Waals surface area contributed by atoms with E-state index in [1.165, 1.54) is 0 Å². The highest BCUT2D eigenvalue weighted by molar-refractivity contribution is 5.89. The Morgan fingerprint density at radius 3 is 2.65 bits per heavy atom. The Bertz CT molecular complexity index is 626. The van der Waals surface area contributed by atoms with Gasteiger partial charge in [0.15, 0.2) is 11.5 Å². The van der Waals surface area contributed by atoms with Crippen molar-refractivity contribution in [2.45, 2.75) is 25.8 Å². The van der Waals surface area contributed by atoms with Crippen molar-refractivity contribution in [1.82, 2.24) is 10.2 Å². The van der Waals surface area contributed by atoms with Gasteiger partial charge in [-0.1, -0.05) is 6.07 Å². The average molecular weight is 386 g/mol. The molecule has 1 heterocycles. The number of likely N-dealkylation sites (tertiary alicyclic amines) is 1. The van der Waals surface area contributed by atoms with Gasteiger partial charge < -0.3 is 25.4 Å². The molecule has 0 saturated carbocycles. The molecule has 1 unspecified atom stereocenters. The van der Waals surface area contributed by atoms with Crippen LogP contribution in [0.15, 0.2) is 18.2 Å². The van der Waals surface area contributed by atoms with Crippen LogP contribution in [0.4, 0.5) is 0 Å². The van der Waals surface area contributed by atoms with Crippen LogP contribution >= 0.6 is 12.4 Å². The summed E-state index contributed by atoms with van der Waals surface area (Å²) in [6.07, 6.45) is 0.953. The Balaban J connectivity index is 0.00000338. The number of nitrogens with two attached hydrogens (primary N) is 1. The molecule has 1 saturated heterocycles. The summed E-state index contributed by atoms with van der Waals surface area (Å²) >= 11 is 0. The van der Waals surface area contributed by atoms with Crippen molar-refractivity contribution in [3.05, 3.63) is 23.8 Å². The molecule has 1 aromatic carbocycles. The molecule has 26 heavy (non-hydrogen) atoms. The zero-order valence-electron chi connectivity index (χ0n) is 15.5. The standard InChI is InChI=1S/C18H27N3O4.ClH/c1-12(10-19)20-18(23)14-9-17(22)21(11-14)7-6-13-4-5-15(24-2)16(8-13)25-3;/h4-5,8,12,14H,6-7,9-11,19H2,1-3H3,(H,20,23);1H/t12-,14?;/m0./s1. The molecule has 8 heteroatoms. The average Bonchev–Trinajstić information content (AvgIpc) is 3.00. The predicted molar refractivity (Wildman–Crippen MR) is 102 cm³/mol. The molecule has 1 aliphatic rings. The second-order valence-electron chi connectivity index (χ2n) is 6.33. The van der Waals surface area contributed by atoms with Crippen molar-refractivity contribution < 1.29 is 19.1 Å². The Morgan fingerprint density at radius 2 is 2.04 bits per heavy atom. The molecular formula is C18H28ClN3O4. The van der Waals surface area contributed by atoms with Gasteiger partial charge in [-0.05, 0) is 31.0 Å². The zero-order valence-corrected chi connectivity index (χ0v) is 16.3. The van der Waals surface area contributed by atoms with Gasteiger partial charge in [0.05, 0.1) is 20.1 Å². The Labute approximate surface area is 160 Å². The lowest BCUT2D eigenvalue weighted by Gasteiger charge is -2.18. The molecule has 3 N–H and O–H groups in total. The van der Waals surface area contributed by atoms with Gasteiger partial charge >= 0.3 is 0 Å². The molecule has 0 aliphatic carbocycles. The van der Waals surface area contributed by atoms with E-state index >= 15 is 0 Å². The van der Waals surface area contributed by atoms with Gasteiger partial charge in [0.2, 0.25) is 11.8 Å². The molecule has 0 bridgehead atoms. The highest BCUT2D eigenvalue weighted by Gasteiger charge is 2.34. The molecule has 7 nitrogen and oxygen atoms in total. The number of nitrogens with zero attached hydrogens (tertiary/aromatic N) is 1. The van der Waals surface area contributed by atoms with Crippen LogP contribution in [0.25, 0.3) is 0 Å². The van der Waals surface area contributed by atoms with Crippen molar-refractivity contribution in [2.75, 3.05) is 33.9 Å². The van der Waals surface area contributed by atoms with Crippen LogP contribution in [0.3, 0.4) is 0 Å².